The van der Waals surface area contributed by atoms with Crippen molar-refractivity contribution in [1.29, 1.82) is 0 Å². The topological polar surface area (TPSA) is 77.4 Å². The van der Waals surface area contributed by atoms with Gasteiger partial charge in [-0.3, -0.25) is 4.68 Å². The molecule has 1 aromatic carbocycles. The third kappa shape index (κ3) is 3.23. The number of carbonyl (C=O) groups is 1. The van der Waals surface area contributed by atoms with E-state index in [0.717, 1.165) is 22.6 Å². The van der Waals surface area contributed by atoms with E-state index in [1.807, 2.05) is 39.1 Å². The predicted molar refractivity (Wildman–Crippen MR) is 84.3 cm³/mol. The fourth-order valence-electron chi connectivity index (χ4n) is 2.50. The highest BCUT2D eigenvalue weighted by Gasteiger charge is 2.15. The standard InChI is InChI=1S/C16H20N4O3/c1-10(13-8-18-20(3)11(13)2)19-16(21)17-7-12-4-5-14-15(6-12)23-9-22-14/h4-6,8,10H,7,9H2,1-3H3,(H2,17,19,21)/t10-/m0/s1. The van der Waals surface area contributed by atoms with Gasteiger partial charge >= 0.3 is 6.03 Å². The summed E-state index contributed by atoms with van der Waals surface area (Å²) in [5.41, 5.74) is 2.99. The average molecular weight is 316 g/mol. The molecule has 23 heavy (non-hydrogen) atoms. The second-order valence-corrected chi connectivity index (χ2v) is 5.55. The van der Waals surface area contributed by atoms with Crippen LogP contribution in [0.5, 0.6) is 11.5 Å². The van der Waals surface area contributed by atoms with Crippen LogP contribution >= 0.6 is 0 Å². The summed E-state index contributed by atoms with van der Waals surface area (Å²) in [7, 11) is 1.88. The van der Waals surface area contributed by atoms with E-state index in [1.165, 1.54) is 0 Å². The summed E-state index contributed by atoms with van der Waals surface area (Å²) < 4.78 is 12.4. The number of rotatable bonds is 4. The van der Waals surface area contributed by atoms with Crippen LogP contribution in [0.4, 0.5) is 4.79 Å². The van der Waals surface area contributed by atoms with E-state index in [-0.39, 0.29) is 18.9 Å². The minimum absolute atomic E-state index is 0.111. The molecule has 3 rings (SSSR count). The molecule has 0 aliphatic carbocycles. The van der Waals surface area contributed by atoms with E-state index in [0.29, 0.717) is 12.3 Å². The summed E-state index contributed by atoms with van der Waals surface area (Å²) in [5.74, 6) is 1.45. The van der Waals surface area contributed by atoms with E-state index < -0.39 is 0 Å². The lowest BCUT2D eigenvalue weighted by atomic mass is 10.1. The first-order valence-electron chi connectivity index (χ1n) is 7.46. The lowest BCUT2D eigenvalue weighted by molar-refractivity contribution is 0.174. The summed E-state index contributed by atoms with van der Waals surface area (Å²) in [6.45, 7) is 4.57. The van der Waals surface area contributed by atoms with Gasteiger partial charge in [-0.2, -0.15) is 5.10 Å². The molecular weight excluding hydrogens is 296 g/mol. The Labute approximate surface area is 134 Å². The van der Waals surface area contributed by atoms with E-state index in [2.05, 4.69) is 15.7 Å². The molecule has 0 spiro atoms. The van der Waals surface area contributed by atoms with Crippen molar-refractivity contribution in [3.63, 3.8) is 0 Å². The summed E-state index contributed by atoms with van der Waals surface area (Å²) in [6, 6.07) is 5.29. The Morgan fingerprint density at radius 2 is 2.17 bits per heavy atom. The van der Waals surface area contributed by atoms with Gasteiger partial charge in [0.05, 0.1) is 12.2 Å². The predicted octanol–water partition coefficient (Wildman–Crippen LogP) is 2.02. The van der Waals surface area contributed by atoms with Crippen molar-refractivity contribution in [2.75, 3.05) is 6.79 Å². The van der Waals surface area contributed by atoms with Crippen LogP contribution in [-0.4, -0.2) is 22.6 Å². The first kappa shape index (κ1) is 15.2. The zero-order chi connectivity index (χ0) is 16.4. The van der Waals surface area contributed by atoms with Gasteiger partial charge in [0.1, 0.15) is 0 Å². The van der Waals surface area contributed by atoms with E-state index >= 15 is 0 Å². The highest BCUT2D eigenvalue weighted by molar-refractivity contribution is 5.74. The van der Waals surface area contributed by atoms with Crippen molar-refractivity contribution in [3.05, 3.63) is 41.2 Å². The Kier molecular flexibility index (Phi) is 4.10. The number of fused-ring (bicyclic) bond motifs is 1. The first-order valence-corrected chi connectivity index (χ1v) is 7.46. The van der Waals surface area contributed by atoms with Gasteiger partial charge in [0.15, 0.2) is 11.5 Å². The molecule has 122 valence electrons. The van der Waals surface area contributed by atoms with Gasteiger partial charge in [-0.1, -0.05) is 6.07 Å². The quantitative estimate of drug-likeness (QED) is 0.904. The zero-order valence-electron chi connectivity index (χ0n) is 13.4. The van der Waals surface area contributed by atoms with Crippen molar-refractivity contribution < 1.29 is 14.3 Å². The SMILES string of the molecule is Cc1c([C@H](C)NC(=O)NCc2ccc3c(c2)OCO3)cnn1C. The van der Waals surface area contributed by atoms with E-state index in [4.69, 9.17) is 9.47 Å². The lowest BCUT2D eigenvalue weighted by Gasteiger charge is -2.14. The van der Waals surface area contributed by atoms with Crippen molar-refractivity contribution >= 4 is 6.03 Å². The average Bonchev–Trinajstić information content (AvgIpc) is 3.12. The third-order valence-electron chi connectivity index (χ3n) is 3.98. The third-order valence-corrected chi connectivity index (χ3v) is 3.98. The number of aromatic nitrogens is 2. The molecule has 0 saturated heterocycles. The molecule has 0 saturated carbocycles. The molecule has 7 heteroatoms. The number of urea groups is 1. The number of hydrogen-bond donors (Lipinski definition) is 2. The van der Waals surface area contributed by atoms with Crippen molar-refractivity contribution in [1.82, 2.24) is 20.4 Å². The first-order chi connectivity index (χ1) is 11.0. The van der Waals surface area contributed by atoms with Gasteiger partial charge in [0.25, 0.3) is 0 Å². The van der Waals surface area contributed by atoms with Gasteiger partial charge in [0, 0.05) is 24.8 Å². The minimum Gasteiger partial charge on any atom is -0.454 e. The van der Waals surface area contributed by atoms with E-state index in [1.54, 1.807) is 10.9 Å². The summed E-state index contributed by atoms with van der Waals surface area (Å²) in [5, 5.41) is 9.95. The molecule has 1 aliphatic rings. The Balaban J connectivity index is 1.54. The maximum Gasteiger partial charge on any atom is 0.315 e. The fourth-order valence-corrected chi connectivity index (χ4v) is 2.50. The van der Waals surface area contributed by atoms with Crippen LogP contribution in [0.25, 0.3) is 0 Å². The molecule has 1 atom stereocenters. The zero-order valence-corrected chi connectivity index (χ0v) is 13.4. The number of benzene rings is 1. The molecule has 1 aromatic heterocycles. The van der Waals surface area contributed by atoms with Crippen LogP contribution in [0.15, 0.2) is 24.4 Å². The summed E-state index contributed by atoms with van der Waals surface area (Å²) in [6.07, 6.45) is 1.78. The summed E-state index contributed by atoms with van der Waals surface area (Å²) >= 11 is 0. The van der Waals surface area contributed by atoms with Crippen molar-refractivity contribution in [2.24, 2.45) is 7.05 Å². The second kappa shape index (κ2) is 6.20. The van der Waals surface area contributed by atoms with Crippen LogP contribution in [0.1, 0.15) is 29.8 Å². The molecule has 1 aliphatic heterocycles. The number of amides is 2. The number of aryl methyl sites for hydroxylation is 1. The fraction of sp³-hybridized carbons (Fsp3) is 0.375. The lowest BCUT2D eigenvalue weighted by Crippen LogP contribution is -2.36. The van der Waals surface area contributed by atoms with Gasteiger partial charge in [-0.05, 0) is 31.5 Å². The van der Waals surface area contributed by atoms with Gasteiger partial charge in [0.2, 0.25) is 6.79 Å². The molecule has 7 nitrogen and oxygen atoms in total. The second-order valence-electron chi connectivity index (χ2n) is 5.55. The minimum atomic E-state index is -0.224. The highest BCUT2D eigenvalue weighted by atomic mass is 16.7. The molecule has 0 unspecified atom stereocenters. The molecule has 2 N–H and O–H groups in total. The normalized spacial score (nSPS) is 13.7. The van der Waals surface area contributed by atoms with Gasteiger partial charge in [-0.25, -0.2) is 4.79 Å². The molecule has 2 aromatic rings. The van der Waals surface area contributed by atoms with Gasteiger partial charge < -0.3 is 20.1 Å². The Hall–Kier alpha value is -2.70. The molecule has 0 bridgehead atoms. The highest BCUT2D eigenvalue weighted by Crippen LogP contribution is 2.32. The molecule has 0 fully saturated rings. The van der Waals surface area contributed by atoms with Crippen LogP contribution < -0.4 is 20.1 Å². The molecular formula is C16H20N4O3. The van der Waals surface area contributed by atoms with Crippen molar-refractivity contribution in [2.45, 2.75) is 26.4 Å². The Morgan fingerprint density at radius 1 is 1.39 bits per heavy atom. The number of carbonyl (C=O) groups excluding carboxylic acids is 1. The maximum absolute atomic E-state index is 12.0. The van der Waals surface area contributed by atoms with Crippen LogP contribution in [0.2, 0.25) is 0 Å². The van der Waals surface area contributed by atoms with Gasteiger partial charge in [-0.15, -0.1) is 0 Å². The summed E-state index contributed by atoms with van der Waals surface area (Å²) in [4.78, 5) is 12.0. The Morgan fingerprint density at radius 3 is 2.91 bits per heavy atom. The van der Waals surface area contributed by atoms with E-state index in [9.17, 15) is 4.79 Å². The maximum atomic E-state index is 12.0. The molecule has 2 heterocycles. The largest absolute Gasteiger partial charge is 0.454 e. The Bertz CT molecular complexity index is 726. The number of nitrogens with one attached hydrogen (secondary N) is 2. The molecule has 2 amide bonds. The number of nitrogens with zero attached hydrogens (tertiary/aromatic N) is 2. The van der Waals surface area contributed by atoms with Crippen LogP contribution in [0.3, 0.4) is 0 Å². The van der Waals surface area contributed by atoms with Crippen molar-refractivity contribution in [3.8, 4) is 11.5 Å². The smallest absolute Gasteiger partial charge is 0.315 e. The van der Waals surface area contributed by atoms with Crippen LogP contribution in [0, 0.1) is 6.92 Å². The number of ether oxygens (including phenoxy) is 2. The number of hydrogen-bond acceptors (Lipinski definition) is 4. The molecule has 0 radical (unpaired) electrons. The monoisotopic (exact) mass is 316 g/mol. The van der Waals surface area contributed by atoms with Crippen LogP contribution in [-0.2, 0) is 13.6 Å².